The van der Waals surface area contributed by atoms with Crippen molar-refractivity contribution in [3.8, 4) is 0 Å². The van der Waals surface area contributed by atoms with Gasteiger partial charge in [0.2, 0.25) is 0 Å². The average molecular weight is 248 g/mol. The first-order valence-corrected chi connectivity index (χ1v) is 6.70. The van der Waals surface area contributed by atoms with Gasteiger partial charge in [-0.1, -0.05) is 32.0 Å². The van der Waals surface area contributed by atoms with E-state index in [1.807, 2.05) is 30.3 Å². The van der Waals surface area contributed by atoms with Crippen LogP contribution in [-0.4, -0.2) is 11.2 Å². The molecule has 2 nitrogen and oxygen atoms in total. The van der Waals surface area contributed by atoms with Crippen molar-refractivity contribution < 1.29 is 0 Å². The van der Waals surface area contributed by atoms with Crippen molar-refractivity contribution in [3.05, 3.63) is 30.3 Å². The summed E-state index contributed by atoms with van der Waals surface area (Å²) in [4.78, 5) is 0. The highest BCUT2D eigenvalue weighted by Gasteiger charge is 2.29. The van der Waals surface area contributed by atoms with E-state index in [1.165, 1.54) is 12.8 Å². The smallest absolute Gasteiger partial charge is 0.171 e. The third-order valence-corrected chi connectivity index (χ3v) is 4.03. The topological polar surface area (TPSA) is 24.1 Å². The van der Waals surface area contributed by atoms with Crippen LogP contribution in [0.1, 0.15) is 26.7 Å². The van der Waals surface area contributed by atoms with Crippen molar-refractivity contribution in [2.45, 2.75) is 32.7 Å². The van der Waals surface area contributed by atoms with Crippen LogP contribution in [-0.2, 0) is 0 Å². The van der Waals surface area contributed by atoms with Gasteiger partial charge in [0.1, 0.15) is 0 Å². The van der Waals surface area contributed by atoms with Crippen molar-refractivity contribution in [2.24, 2.45) is 11.8 Å². The summed E-state index contributed by atoms with van der Waals surface area (Å²) < 4.78 is 0. The minimum atomic E-state index is 0.522. The summed E-state index contributed by atoms with van der Waals surface area (Å²) >= 11 is 5.34. The van der Waals surface area contributed by atoms with Crippen molar-refractivity contribution in [2.75, 3.05) is 5.32 Å². The van der Waals surface area contributed by atoms with Gasteiger partial charge < -0.3 is 10.6 Å². The second-order valence-corrected chi connectivity index (χ2v) is 5.39. The molecule has 0 radical (unpaired) electrons. The molecule has 3 atom stereocenters. The SMILES string of the molecule is CC1CCC(NC(=S)Nc2ccccc2)C1C. The van der Waals surface area contributed by atoms with E-state index in [-0.39, 0.29) is 0 Å². The molecular formula is C14H20N2S. The van der Waals surface area contributed by atoms with E-state index in [0.717, 1.165) is 16.7 Å². The van der Waals surface area contributed by atoms with Crippen LogP contribution in [0.2, 0.25) is 0 Å². The van der Waals surface area contributed by atoms with Crippen LogP contribution in [0.4, 0.5) is 5.69 Å². The number of thiocarbonyl (C=S) groups is 1. The third kappa shape index (κ3) is 3.19. The first-order chi connectivity index (χ1) is 8.16. The molecule has 2 N–H and O–H groups in total. The highest BCUT2D eigenvalue weighted by atomic mass is 32.1. The Hall–Kier alpha value is -1.09. The molecule has 92 valence electrons. The van der Waals surface area contributed by atoms with Gasteiger partial charge >= 0.3 is 0 Å². The lowest BCUT2D eigenvalue weighted by Crippen LogP contribution is -2.39. The molecule has 17 heavy (non-hydrogen) atoms. The molecule has 0 amide bonds. The molecule has 0 spiro atoms. The predicted octanol–water partition coefficient (Wildman–Crippen LogP) is 3.41. The molecule has 1 aliphatic rings. The van der Waals surface area contributed by atoms with Crippen LogP contribution >= 0.6 is 12.2 Å². The average Bonchev–Trinajstić information content (AvgIpc) is 2.62. The van der Waals surface area contributed by atoms with Gasteiger partial charge in [-0.25, -0.2) is 0 Å². The number of hydrogen-bond acceptors (Lipinski definition) is 1. The van der Waals surface area contributed by atoms with Gasteiger partial charge in [-0.05, 0) is 49.0 Å². The fraction of sp³-hybridized carbons (Fsp3) is 0.500. The number of anilines is 1. The summed E-state index contributed by atoms with van der Waals surface area (Å²) in [5.74, 6) is 1.50. The van der Waals surface area contributed by atoms with Gasteiger partial charge in [0.15, 0.2) is 5.11 Å². The van der Waals surface area contributed by atoms with E-state index in [2.05, 4.69) is 24.5 Å². The molecule has 0 saturated heterocycles. The minimum Gasteiger partial charge on any atom is -0.359 e. The molecule has 1 saturated carbocycles. The zero-order valence-corrected chi connectivity index (χ0v) is 11.3. The highest BCUT2D eigenvalue weighted by molar-refractivity contribution is 7.80. The van der Waals surface area contributed by atoms with E-state index in [9.17, 15) is 0 Å². The highest BCUT2D eigenvalue weighted by Crippen LogP contribution is 2.31. The number of nitrogens with one attached hydrogen (secondary N) is 2. The number of rotatable bonds is 2. The molecule has 1 aromatic carbocycles. The molecule has 1 aromatic rings. The minimum absolute atomic E-state index is 0.522. The summed E-state index contributed by atoms with van der Waals surface area (Å²) in [7, 11) is 0. The molecule has 3 heteroatoms. The Morgan fingerprint density at radius 3 is 2.47 bits per heavy atom. The predicted molar refractivity (Wildman–Crippen MR) is 77.1 cm³/mol. The molecular weight excluding hydrogens is 228 g/mol. The Morgan fingerprint density at radius 1 is 1.18 bits per heavy atom. The fourth-order valence-corrected chi connectivity index (χ4v) is 2.69. The van der Waals surface area contributed by atoms with Gasteiger partial charge in [-0.15, -0.1) is 0 Å². The maximum absolute atomic E-state index is 5.34. The Balaban J connectivity index is 1.86. The molecule has 0 heterocycles. The summed E-state index contributed by atoms with van der Waals surface area (Å²) in [5, 5.41) is 7.39. The monoisotopic (exact) mass is 248 g/mol. The quantitative estimate of drug-likeness (QED) is 0.784. The molecule has 0 aromatic heterocycles. The number of benzene rings is 1. The summed E-state index contributed by atoms with van der Waals surface area (Å²) in [6.45, 7) is 4.63. The van der Waals surface area contributed by atoms with Crippen LogP contribution in [0.15, 0.2) is 30.3 Å². The van der Waals surface area contributed by atoms with E-state index in [4.69, 9.17) is 12.2 Å². The Labute approximate surface area is 109 Å². The first kappa shape index (κ1) is 12.4. The van der Waals surface area contributed by atoms with Crippen LogP contribution < -0.4 is 10.6 Å². The van der Waals surface area contributed by atoms with Crippen molar-refractivity contribution in [1.82, 2.24) is 5.32 Å². The lowest BCUT2D eigenvalue weighted by molar-refractivity contribution is 0.403. The van der Waals surface area contributed by atoms with Crippen molar-refractivity contribution >= 4 is 23.0 Å². The Kier molecular flexibility index (Phi) is 4.00. The lowest BCUT2D eigenvalue weighted by atomic mass is 9.98. The maximum Gasteiger partial charge on any atom is 0.171 e. The Bertz CT molecular complexity index is 377. The molecule has 0 aliphatic heterocycles. The second-order valence-electron chi connectivity index (χ2n) is 4.98. The third-order valence-electron chi connectivity index (χ3n) is 3.81. The van der Waals surface area contributed by atoms with E-state index in [0.29, 0.717) is 12.0 Å². The van der Waals surface area contributed by atoms with Gasteiger partial charge in [-0.2, -0.15) is 0 Å². The van der Waals surface area contributed by atoms with Crippen LogP contribution in [0.3, 0.4) is 0 Å². The second kappa shape index (κ2) is 5.50. The van der Waals surface area contributed by atoms with E-state index >= 15 is 0 Å². The zero-order chi connectivity index (χ0) is 12.3. The summed E-state index contributed by atoms with van der Waals surface area (Å²) in [6.07, 6.45) is 2.52. The largest absolute Gasteiger partial charge is 0.359 e. The molecule has 3 unspecified atom stereocenters. The van der Waals surface area contributed by atoms with Crippen LogP contribution in [0.25, 0.3) is 0 Å². The van der Waals surface area contributed by atoms with Gasteiger partial charge in [0, 0.05) is 11.7 Å². The normalized spacial score (nSPS) is 27.8. The lowest BCUT2D eigenvalue weighted by Gasteiger charge is -2.21. The number of para-hydroxylation sites is 1. The van der Waals surface area contributed by atoms with Gasteiger partial charge in [0.25, 0.3) is 0 Å². The summed E-state index contributed by atoms with van der Waals surface area (Å²) in [6, 6.07) is 10.6. The van der Waals surface area contributed by atoms with Gasteiger partial charge in [-0.3, -0.25) is 0 Å². The standard InChI is InChI=1S/C14H20N2S/c1-10-8-9-13(11(10)2)16-14(17)15-12-6-4-3-5-7-12/h3-7,10-11,13H,8-9H2,1-2H3,(H2,15,16,17). The van der Waals surface area contributed by atoms with E-state index < -0.39 is 0 Å². The summed E-state index contributed by atoms with van der Waals surface area (Å²) in [5.41, 5.74) is 1.05. The van der Waals surface area contributed by atoms with Crippen LogP contribution in [0.5, 0.6) is 0 Å². The van der Waals surface area contributed by atoms with Gasteiger partial charge in [0.05, 0.1) is 0 Å². The van der Waals surface area contributed by atoms with Crippen LogP contribution in [0, 0.1) is 11.8 Å². The zero-order valence-electron chi connectivity index (χ0n) is 10.4. The molecule has 2 rings (SSSR count). The fourth-order valence-electron chi connectivity index (χ4n) is 2.43. The number of hydrogen-bond donors (Lipinski definition) is 2. The maximum atomic E-state index is 5.34. The molecule has 1 aliphatic carbocycles. The first-order valence-electron chi connectivity index (χ1n) is 6.29. The Morgan fingerprint density at radius 2 is 1.88 bits per heavy atom. The van der Waals surface area contributed by atoms with E-state index in [1.54, 1.807) is 0 Å². The van der Waals surface area contributed by atoms with Crippen molar-refractivity contribution in [1.29, 1.82) is 0 Å². The molecule has 0 bridgehead atoms. The molecule has 1 fully saturated rings. The van der Waals surface area contributed by atoms with Crippen molar-refractivity contribution in [3.63, 3.8) is 0 Å².